The highest BCUT2D eigenvalue weighted by Crippen LogP contribution is 2.55. The van der Waals surface area contributed by atoms with Crippen molar-refractivity contribution in [3.63, 3.8) is 0 Å². The predicted octanol–water partition coefficient (Wildman–Crippen LogP) is 13.0. The van der Waals surface area contributed by atoms with Crippen molar-refractivity contribution < 1.29 is 0 Å². The first-order valence-electron chi connectivity index (χ1n) is 19.1. The van der Waals surface area contributed by atoms with Crippen molar-refractivity contribution in [3.05, 3.63) is 0 Å². The Kier molecular flexibility index (Phi) is 14.1. The summed E-state index contributed by atoms with van der Waals surface area (Å²) in [6.07, 6.45) is 38.2. The number of rotatable bonds is 8. The van der Waals surface area contributed by atoms with E-state index in [2.05, 4.69) is 27.7 Å². The fraction of sp³-hybridized carbons (Fsp3) is 1.00. The summed E-state index contributed by atoms with van der Waals surface area (Å²) in [4.78, 5) is 0. The molecule has 0 aromatic carbocycles. The minimum absolute atomic E-state index is 1.01. The number of fused-ring (bicyclic) bond motifs is 1. The lowest BCUT2D eigenvalue weighted by molar-refractivity contribution is 0.00764. The van der Waals surface area contributed by atoms with Crippen molar-refractivity contribution in [1.82, 2.24) is 0 Å². The van der Waals surface area contributed by atoms with Gasteiger partial charge < -0.3 is 0 Å². The van der Waals surface area contributed by atoms with Gasteiger partial charge in [-0.2, -0.15) is 0 Å². The molecule has 5 aliphatic carbocycles. The van der Waals surface area contributed by atoms with Crippen LogP contribution in [0.15, 0.2) is 0 Å². The Labute approximate surface area is 247 Å². The summed E-state index contributed by atoms with van der Waals surface area (Å²) in [7, 11) is 0. The number of hydrogen-bond donors (Lipinski definition) is 0. The molecule has 0 heterocycles. The quantitative estimate of drug-likeness (QED) is 0.287. The SMILES string of the molecule is CCCCC1C(C)CC2CCCC2C1C1CCCCCCCC1.CCCCC1CCC(C2CCC(C)C2)CC1. The third-order valence-corrected chi connectivity index (χ3v) is 13.2. The lowest BCUT2D eigenvalue weighted by Crippen LogP contribution is -2.41. The molecule has 5 rings (SSSR count). The Morgan fingerprint density at radius 2 is 1.10 bits per heavy atom. The smallest absolute Gasteiger partial charge is 0.0324 e. The minimum atomic E-state index is 1.01. The van der Waals surface area contributed by atoms with E-state index in [1.54, 1.807) is 83.5 Å². The molecule has 0 radical (unpaired) electrons. The maximum atomic E-state index is 2.62. The summed E-state index contributed by atoms with van der Waals surface area (Å²) in [5, 5.41) is 0. The molecule has 7 atom stereocenters. The molecular weight excluding hydrogens is 468 g/mol. The van der Waals surface area contributed by atoms with Crippen LogP contribution >= 0.6 is 0 Å². The van der Waals surface area contributed by atoms with E-state index in [1.165, 1.54) is 77.0 Å². The molecule has 7 unspecified atom stereocenters. The van der Waals surface area contributed by atoms with Gasteiger partial charge in [-0.05, 0) is 104 Å². The Morgan fingerprint density at radius 1 is 0.487 bits per heavy atom. The molecule has 0 amide bonds. The van der Waals surface area contributed by atoms with Crippen LogP contribution in [-0.4, -0.2) is 0 Å². The van der Waals surface area contributed by atoms with Gasteiger partial charge in [-0.3, -0.25) is 0 Å². The molecule has 0 aliphatic heterocycles. The van der Waals surface area contributed by atoms with Gasteiger partial charge in [-0.1, -0.05) is 143 Å². The summed E-state index contributed by atoms with van der Waals surface area (Å²) < 4.78 is 0. The van der Waals surface area contributed by atoms with E-state index in [1.807, 2.05) is 0 Å². The van der Waals surface area contributed by atoms with E-state index < -0.39 is 0 Å². The minimum Gasteiger partial charge on any atom is -0.0654 e. The van der Waals surface area contributed by atoms with Crippen LogP contribution in [-0.2, 0) is 0 Å². The molecule has 0 aromatic heterocycles. The molecule has 0 nitrogen and oxygen atoms in total. The van der Waals surface area contributed by atoms with Gasteiger partial charge in [0.25, 0.3) is 0 Å². The molecule has 5 aliphatic rings. The predicted molar refractivity (Wildman–Crippen MR) is 173 cm³/mol. The molecule has 0 saturated heterocycles. The first-order chi connectivity index (χ1) is 19.1. The average molecular weight is 541 g/mol. The number of hydrogen-bond acceptors (Lipinski definition) is 0. The van der Waals surface area contributed by atoms with Crippen LogP contribution in [0.4, 0.5) is 0 Å². The van der Waals surface area contributed by atoms with Crippen LogP contribution in [0.5, 0.6) is 0 Å². The summed E-state index contributed by atoms with van der Waals surface area (Å²) in [5.41, 5.74) is 0. The molecule has 0 heteroatoms. The van der Waals surface area contributed by atoms with Crippen molar-refractivity contribution in [2.75, 3.05) is 0 Å². The fourth-order valence-electron chi connectivity index (χ4n) is 11.0. The van der Waals surface area contributed by atoms with Crippen LogP contribution in [0.1, 0.15) is 188 Å². The highest BCUT2D eigenvalue weighted by atomic mass is 14.5. The van der Waals surface area contributed by atoms with Crippen LogP contribution in [0.2, 0.25) is 0 Å². The van der Waals surface area contributed by atoms with Crippen LogP contribution in [0.25, 0.3) is 0 Å². The molecule has 0 aromatic rings. The van der Waals surface area contributed by atoms with E-state index in [9.17, 15) is 0 Å². The third kappa shape index (κ3) is 9.50. The van der Waals surface area contributed by atoms with E-state index in [-0.39, 0.29) is 0 Å². The topological polar surface area (TPSA) is 0 Å². The highest BCUT2D eigenvalue weighted by molar-refractivity contribution is 4.96. The molecule has 0 spiro atoms. The van der Waals surface area contributed by atoms with Gasteiger partial charge in [-0.25, -0.2) is 0 Å². The fourth-order valence-corrected chi connectivity index (χ4v) is 11.0. The maximum Gasteiger partial charge on any atom is -0.0324 e. The zero-order valence-electron chi connectivity index (χ0n) is 27.5. The molecule has 0 bridgehead atoms. The van der Waals surface area contributed by atoms with Gasteiger partial charge in [0.05, 0.1) is 0 Å². The molecule has 5 saturated carbocycles. The molecule has 5 fully saturated rings. The standard InChI is InChI=1S/C23H42.C16H30/c1-3-4-15-21-18(2)17-20-14-11-16-22(20)23(21)19-12-9-7-5-6-8-10-13-19;1-3-4-5-14-7-10-15(11-8-14)16-9-6-13(2)12-16/h18-23H,3-17H2,1-2H3;13-16H,3-12H2,1-2H3. The van der Waals surface area contributed by atoms with Crippen molar-refractivity contribution in [1.29, 1.82) is 0 Å². The Bertz CT molecular complexity index is 618. The van der Waals surface area contributed by atoms with E-state index in [4.69, 9.17) is 0 Å². The monoisotopic (exact) mass is 541 g/mol. The molecule has 228 valence electrons. The van der Waals surface area contributed by atoms with E-state index >= 15 is 0 Å². The van der Waals surface area contributed by atoms with Crippen molar-refractivity contribution in [2.45, 2.75) is 188 Å². The van der Waals surface area contributed by atoms with Gasteiger partial charge in [0.2, 0.25) is 0 Å². The van der Waals surface area contributed by atoms with Gasteiger partial charge in [0.1, 0.15) is 0 Å². The highest BCUT2D eigenvalue weighted by Gasteiger charge is 2.47. The molecule has 39 heavy (non-hydrogen) atoms. The van der Waals surface area contributed by atoms with Gasteiger partial charge in [0.15, 0.2) is 0 Å². The van der Waals surface area contributed by atoms with Crippen molar-refractivity contribution in [3.8, 4) is 0 Å². The van der Waals surface area contributed by atoms with Gasteiger partial charge in [0, 0.05) is 0 Å². The van der Waals surface area contributed by atoms with Crippen molar-refractivity contribution in [2.24, 2.45) is 59.2 Å². The third-order valence-electron chi connectivity index (χ3n) is 13.2. The second-order valence-corrected chi connectivity index (χ2v) is 16.0. The first-order valence-corrected chi connectivity index (χ1v) is 19.1. The largest absolute Gasteiger partial charge is 0.0654 e. The second-order valence-electron chi connectivity index (χ2n) is 16.0. The maximum absolute atomic E-state index is 2.62. The van der Waals surface area contributed by atoms with Gasteiger partial charge in [-0.15, -0.1) is 0 Å². The van der Waals surface area contributed by atoms with E-state index in [0.717, 1.165) is 59.2 Å². The molecular formula is C39H72. The zero-order valence-corrected chi connectivity index (χ0v) is 27.5. The zero-order chi connectivity index (χ0) is 27.5. The summed E-state index contributed by atoms with van der Waals surface area (Å²) >= 11 is 0. The molecule has 0 N–H and O–H groups in total. The van der Waals surface area contributed by atoms with Crippen molar-refractivity contribution >= 4 is 0 Å². The summed E-state index contributed by atoms with van der Waals surface area (Å²) in [5.74, 6) is 10.9. The first kappa shape index (κ1) is 31.9. The lowest BCUT2D eigenvalue weighted by atomic mass is 9.57. The Hall–Kier alpha value is 0. The average Bonchev–Trinajstić information content (AvgIpc) is 3.62. The lowest BCUT2D eigenvalue weighted by Gasteiger charge is -2.48. The van der Waals surface area contributed by atoms with Gasteiger partial charge >= 0.3 is 0 Å². The Morgan fingerprint density at radius 3 is 1.74 bits per heavy atom. The Balaban J connectivity index is 0.000000193. The summed E-state index contributed by atoms with van der Waals surface area (Å²) in [6.45, 7) is 9.79. The van der Waals surface area contributed by atoms with Crippen LogP contribution < -0.4 is 0 Å². The summed E-state index contributed by atoms with van der Waals surface area (Å²) in [6, 6.07) is 0. The normalized spacial score (nSPS) is 40.2. The second kappa shape index (κ2) is 17.2. The van der Waals surface area contributed by atoms with Crippen LogP contribution in [0.3, 0.4) is 0 Å². The number of unbranched alkanes of at least 4 members (excludes halogenated alkanes) is 2. The van der Waals surface area contributed by atoms with Crippen LogP contribution in [0, 0.1) is 59.2 Å². The van der Waals surface area contributed by atoms with E-state index in [0.29, 0.717) is 0 Å².